The molecule has 0 radical (unpaired) electrons. The SMILES string of the molecule is C[C@H](Sc1nnc(CCC2CCCCC2)n1N)C(=O)Nc1ccc(F)cc1. The summed E-state index contributed by atoms with van der Waals surface area (Å²) in [5.41, 5.74) is 0.552. The van der Waals surface area contributed by atoms with E-state index in [1.54, 1.807) is 6.92 Å². The van der Waals surface area contributed by atoms with E-state index in [1.807, 2.05) is 0 Å². The lowest BCUT2D eigenvalue weighted by molar-refractivity contribution is -0.115. The number of nitrogens with two attached hydrogens (primary N) is 1. The summed E-state index contributed by atoms with van der Waals surface area (Å²) in [6.45, 7) is 1.78. The first kappa shape index (κ1) is 19.7. The maximum Gasteiger partial charge on any atom is 0.237 e. The van der Waals surface area contributed by atoms with Crippen molar-refractivity contribution < 1.29 is 9.18 Å². The van der Waals surface area contributed by atoms with Gasteiger partial charge in [-0.25, -0.2) is 9.07 Å². The molecule has 1 saturated carbocycles. The number of aryl methyl sites for hydroxylation is 1. The molecule has 1 fully saturated rings. The molecule has 1 aliphatic rings. The number of nitrogen functional groups attached to an aromatic ring is 1. The lowest BCUT2D eigenvalue weighted by Crippen LogP contribution is -2.24. The summed E-state index contributed by atoms with van der Waals surface area (Å²) in [6.07, 6.45) is 8.47. The minimum atomic E-state index is -0.409. The summed E-state index contributed by atoms with van der Waals surface area (Å²) in [7, 11) is 0. The van der Waals surface area contributed by atoms with Gasteiger partial charge in [-0.05, 0) is 43.5 Å². The molecule has 3 N–H and O–H groups in total. The molecule has 1 aromatic heterocycles. The van der Waals surface area contributed by atoms with Crippen LogP contribution in [-0.2, 0) is 11.2 Å². The summed E-state index contributed by atoms with van der Waals surface area (Å²) in [4.78, 5) is 12.3. The molecule has 0 saturated heterocycles. The molecule has 146 valence electrons. The zero-order valence-electron chi connectivity index (χ0n) is 15.5. The molecule has 1 aromatic carbocycles. The number of nitrogens with zero attached hydrogens (tertiary/aromatic N) is 3. The van der Waals surface area contributed by atoms with Gasteiger partial charge in [-0.3, -0.25) is 4.79 Å². The molecule has 0 bridgehead atoms. The largest absolute Gasteiger partial charge is 0.336 e. The minimum Gasteiger partial charge on any atom is -0.336 e. The van der Waals surface area contributed by atoms with E-state index in [0.717, 1.165) is 24.6 Å². The van der Waals surface area contributed by atoms with E-state index in [2.05, 4.69) is 15.5 Å². The maximum absolute atomic E-state index is 12.9. The summed E-state index contributed by atoms with van der Waals surface area (Å²) >= 11 is 1.26. The van der Waals surface area contributed by atoms with Crippen molar-refractivity contribution in [1.82, 2.24) is 14.9 Å². The van der Waals surface area contributed by atoms with Crippen molar-refractivity contribution in [2.24, 2.45) is 5.92 Å². The number of halogens is 1. The molecule has 0 spiro atoms. The Bertz CT molecular complexity index is 758. The number of thioether (sulfide) groups is 1. The third-order valence-electron chi connectivity index (χ3n) is 5.00. The number of aromatic nitrogens is 3. The average Bonchev–Trinajstić information content (AvgIpc) is 3.02. The molecule has 1 atom stereocenters. The number of nitrogens with one attached hydrogen (secondary N) is 1. The fourth-order valence-electron chi connectivity index (χ4n) is 3.36. The Balaban J connectivity index is 1.52. The highest BCUT2D eigenvalue weighted by Crippen LogP contribution is 2.28. The molecule has 6 nitrogen and oxygen atoms in total. The second kappa shape index (κ2) is 9.21. The number of rotatable bonds is 7. The monoisotopic (exact) mass is 391 g/mol. The highest BCUT2D eigenvalue weighted by Gasteiger charge is 2.20. The molecular formula is C19H26FN5OS. The Kier molecular flexibility index (Phi) is 6.71. The van der Waals surface area contributed by atoms with Gasteiger partial charge in [-0.1, -0.05) is 43.9 Å². The maximum atomic E-state index is 12.9. The van der Waals surface area contributed by atoms with Crippen LogP contribution in [0.25, 0.3) is 0 Å². The van der Waals surface area contributed by atoms with Gasteiger partial charge in [-0.15, -0.1) is 10.2 Å². The molecule has 2 aromatic rings. The fraction of sp³-hybridized carbons (Fsp3) is 0.526. The van der Waals surface area contributed by atoms with Gasteiger partial charge in [0.15, 0.2) is 5.82 Å². The predicted octanol–water partition coefficient (Wildman–Crippen LogP) is 3.76. The van der Waals surface area contributed by atoms with Crippen molar-refractivity contribution in [2.75, 3.05) is 11.2 Å². The number of carbonyl (C=O) groups excluding carboxylic acids is 1. The van der Waals surface area contributed by atoms with Crippen LogP contribution in [-0.4, -0.2) is 26.0 Å². The van der Waals surface area contributed by atoms with E-state index >= 15 is 0 Å². The van der Waals surface area contributed by atoms with Crippen LogP contribution in [0.4, 0.5) is 10.1 Å². The van der Waals surface area contributed by atoms with Crippen LogP contribution in [0, 0.1) is 11.7 Å². The lowest BCUT2D eigenvalue weighted by atomic mass is 9.86. The van der Waals surface area contributed by atoms with Crippen molar-refractivity contribution in [3.63, 3.8) is 0 Å². The first-order valence-corrected chi connectivity index (χ1v) is 10.3. The normalized spacial score (nSPS) is 16.2. The summed E-state index contributed by atoms with van der Waals surface area (Å²) in [5.74, 6) is 7.11. The summed E-state index contributed by atoms with van der Waals surface area (Å²) < 4.78 is 14.4. The van der Waals surface area contributed by atoms with E-state index < -0.39 is 5.25 Å². The minimum absolute atomic E-state index is 0.196. The van der Waals surface area contributed by atoms with Crippen LogP contribution < -0.4 is 11.2 Å². The van der Waals surface area contributed by atoms with Gasteiger partial charge in [0.05, 0.1) is 5.25 Å². The van der Waals surface area contributed by atoms with E-state index in [1.165, 1.54) is 72.8 Å². The van der Waals surface area contributed by atoms with Crippen LogP contribution in [0.3, 0.4) is 0 Å². The van der Waals surface area contributed by atoms with E-state index in [-0.39, 0.29) is 11.7 Å². The van der Waals surface area contributed by atoms with Crippen LogP contribution in [0.2, 0.25) is 0 Å². The Labute approximate surface area is 163 Å². The predicted molar refractivity (Wildman–Crippen MR) is 105 cm³/mol. The second-order valence-electron chi connectivity index (χ2n) is 7.07. The number of hydrogen-bond acceptors (Lipinski definition) is 5. The van der Waals surface area contributed by atoms with Gasteiger partial charge in [0.2, 0.25) is 11.1 Å². The Morgan fingerprint density at radius 3 is 2.70 bits per heavy atom. The lowest BCUT2D eigenvalue weighted by Gasteiger charge is -2.20. The van der Waals surface area contributed by atoms with Crippen molar-refractivity contribution >= 4 is 23.4 Å². The topological polar surface area (TPSA) is 85.8 Å². The number of benzene rings is 1. The van der Waals surface area contributed by atoms with Gasteiger partial charge in [0, 0.05) is 12.1 Å². The Morgan fingerprint density at radius 1 is 1.30 bits per heavy atom. The quantitative estimate of drug-likeness (QED) is 0.554. The molecule has 0 unspecified atom stereocenters. The Hall–Kier alpha value is -2.09. The van der Waals surface area contributed by atoms with E-state index in [4.69, 9.17) is 5.84 Å². The molecular weight excluding hydrogens is 365 g/mol. The van der Waals surface area contributed by atoms with Crippen LogP contribution >= 0.6 is 11.8 Å². The van der Waals surface area contributed by atoms with Crippen LogP contribution in [0.1, 0.15) is 51.3 Å². The zero-order valence-corrected chi connectivity index (χ0v) is 16.3. The van der Waals surface area contributed by atoms with Crippen molar-refractivity contribution in [3.8, 4) is 0 Å². The smallest absolute Gasteiger partial charge is 0.237 e. The van der Waals surface area contributed by atoms with E-state index in [9.17, 15) is 9.18 Å². The fourth-order valence-corrected chi connectivity index (χ4v) is 4.14. The van der Waals surface area contributed by atoms with Gasteiger partial charge in [0.1, 0.15) is 5.82 Å². The number of carbonyl (C=O) groups is 1. The average molecular weight is 392 g/mol. The molecule has 3 rings (SSSR count). The summed E-state index contributed by atoms with van der Waals surface area (Å²) in [6, 6.07) is 5.67. The highest BCUT2D eigenvalue weighted by molar-refractivity contribution is 8.00. The van der Waals surface area contributed by atoms with Gasteiger partial charge in [-0.2, -0.15) is 0 Å². The standard InChI is InChI=1S/C19H26FN5OS/c1-13(18(26)22-16-10-8-15(20)9-11-16)27-19-24-23-17(25(19)21)12-7-14-5-3-2-4-6-14/h8-11,13-14H,2-7,12,21H2,1H3,(H,22,26)/t13-/m0/s1. The molecule has 1 aliphatic carbocycles. The highest BCUT2D eigenvalue weighted by atomic mass is 32.2. The zero-order chi connectivity index (χ0) is 19.2. The Morgan fingerprint density at radius 2 is 2.00 bits per heavy atom. The summed E-state index contributed by atoms with van der Waals surface area (Å²) in [5, 5.41) is 11.2. The van der Waals surface area contributed by atoms with Crippen molar-refractivity contribution in [2.45, 2.75) is 62.3 Å². The third-order valence-corrected chi connectivity index (χ3v) is 6.06. The number of anilines is 1. The van der Waals surface area contributed by atoms with Crippen LogP contribution in [0.15, 0.2) is 29.4 Å². The van der Waals surface area contributed by atoms with Gasteiger partial charge >= 0.3 is 0 Å². The first-order chi connectivity index (χ1) is 13.0. The van der Waals surface area contributed by atoms with Crippen molar-refractivity contribution in [1.29, 1.82) is 0 Å². The number of amides is 1. The molecule has 1 heterocycles. The van der Waals surface area contributed by atoms with Crippen LogP contribution in [0.5, 0.6) is 0 Å². The van der Waals surface area contributed by atoms with Gasteiger partial charge < -0.3 is 11.2 Å². The van der Waals surface area contributed by atoms with Crippen molar-refractivity contribution in [3.05, 3.63) is 35.9 Å². The van der Waals surface area contributed by atoms with Gasteiger partial charge in [0.25, 0.3) is 0 Å². The van der Waals surface area contributed by atoms with E-state index in [0.29, 0.717) is 10.8 Å². The first-order valence-electron chi connectivity index (χ1n) is 9.45. The molecule has 0 aliphatic heterocycles. The molecule has 1 amide bonds. The second-order valence-corrected chi connectivity index (χ2v) is 8.38. The third kappa shape index (κ3) is 5.45. The molecule has 8 heteroatoms. The number of hydrogen-bond donors (Lipinski definition) is 2. The molecule has 27 heavy (non-hydrogen) atoms.